The lowest BCUT2D eigenvalue weighted by atomic mass is 9.96. The number of aliphatic hydroxyl groups excluding tert-OH is 4. The molecule has 12 nitrogen and oxygen atoms in total. The van der Waals surface area contributed by atoms with Crippen LogP contribution in [0.15, 0.2) is 48.5 Å². The highest BCUT2D eigenvalue weighted by Gasteiger charge is 2.54. The average Bonchev–Trinajstić information content (AvgIpc) is 3.04. The molecule has 0 amide bonds. The van der Waals surface area contributed by atoms with Crippen molar-refractivity contribution in [2.75, 3.05) is 6.61 Å². The molecule has 0 bridgehead atoms. The van der Waals surface area contributed by atoms with E-state index in [1.807, 2.05) is 36.4 Å². The molecule has 3 aliphatic rings. The van der Waals surface area contributed by atoms with E-state index >= 15 is 0 Å². The van der Waals surface area contributed by atoms with Crippen molar-refractivity contribution in [3.05, 3.63) is 54.1 Å². The van der Waals surface area contributed by atoms with Crippen LogP contribution in [0.25, 0.3) is 0 Å². The maximum Gasteiger partial charge on any atom is 0.250 e. The minimum atomic E-state index is -2.33. The maximum absolute atomic E-state index is 11.9. The molecule has 0 saturated carbocycles. The van der Waals surface area contributed by atoms with Gasteiger partial charge in [-0.1, -0.05) is 71.9 Å². The Hall–Kier alpha value is -2.09. The lowest BCUT2D eigenvalue weighted by Crippen LogP contribution is -2.66. The van der Waals surface area contributed by atoms with Gasteiger partial charge in [-0.2, -0.15) is 0 Å². The monoisotopic (exact) mass is 750 g/mol. The van der Waals surface area contributed by atoms with E-state index in [-0.39, 0.29) is 16.7 Å². The smallest absolute Gasteiger partial charge is 0.250 e. The second kappa shape index (κ2) is 15.0. The van der Waals surface area contributed by atoms with E-state index in [1.54, 1.807) is 19.1 Å². The highest BCUT2D eigenvalue weighted by molar-refractivity contribution is 6.75. The molecule has 3 heterocycles. The average molecular weight is 751 g/mol. The molecule has 0 radical (unpaired) electrons. The lowest BCUT2D eigenvalue weighted by molar-refractivity contribution is -0.384. The predicted molar refractivity (Wildman–Crippen MR) is 195 cm³/mol. The van der Waals surface area contributed by atoms with Crippen LogP contribution in [-0.2, 0) is 23.7 Å². The predicted octanol–water partition coefficient (Wildman–Crippen LogP) is 5.25. The first kappa shape index (κ1) is 40.1. The summed E-state index contributed by atoms with van der Waals surface area (Å²) in [5, 5.41) is 43.3. The normalized spacial score (nSPS) is 33.7. The minimum absolute atomic E-state index is 0.0484. The number of benzene rings is 2. The van der Waals surface area contributed by atoms with Crippen molar-refractivity contribution in [3.63, 3.8) is 0 Å². The van der Waals surface area contributed by atoms with Gasteiger partial charge < -0.3 is 57.7 Å². The van der Waals surface area contributed by atoms with Crippen molar-refractivity contribution < 1.29 is 57.7 Å². The van der Waals surface area contributed by atoms with Crippen LogP contribution in [0.4, 0.5) is 0 Å². The molecule has 0 aliphatic carbocycles. The molecule has 286 valence electrons. The van der Waals surface area contributed by atoms with E-state index in [4.69, 9.17) is 37.3 Å². The van der Waals surface area contributed by atoms with Crippen LogP contribution in [0.3, 0.4) is 0 Å². The Bertz CT molecular complexity index is 1460. The van der Waals surface area contributed by atoms with Gasteiger partial charge in [-0.15, -0.1) is 0 Å². The molecule has 14 heteroatoms. The first-order valence-corrected chi connectivity index (χ1v) is 23.6. The second-order valence-electron chi connectivity index (χ2n) is 16.9. The van der Waals surface area contributed by atoms with E-state index in [2.05, 4.69) is 67.7 Å². The van der Waals surface area contributed by atoms with E-state index in [0.29, 0.717) is 17.2 Å². The maximum atomic E-state index is 11.9. The van der Waals surface area contributed by atoms with Gasteiger partial charge >= 0.3 is 0 Å². The number of hydrogen-bond donors (Lipinski definition) is 4. The zero-order valence-electron chi connectivity index (χ0n) is 31.7. The number of hydrogen-bond acceptors (Lipinski definition) is 12. The van der Waals surface area contributed by atoms with Gasteiger partial charge in [-0.3, -0.25) is 0 Å². The van der Waals surface area contributed by atoms with Crippen LogP contribution in [0.5, 0.6) is 17.2 Å². The van der Waals surface area contributed by atoms with Crippen LogP contribution in [-0.4, -0.2) is 105 Å². The molecule has 3 saturated heterocycles. The molecule has 4 N–H and O–H groups in total. The van der Waals surface area contributed by atoms with Crippen molar-refractivity contribution in [1.82, 2.24) is 0 Å². The van der Waals surface area contributed by atoms with Gasteiger partial charge in [0.25, 0.3) is 16.6 Å². The molecule has 3 fully saturated rings. The third-order valence-electron chi connectivity index (χ3n) is 11.0. The quantitative estimate of drug-likeness (QED) is 0.248. The molecular formula is C37H58O12Si2. The van der Waals surface area contributed by atoms with E-state index in [1.165, 1.54) is 0 Å². The third kappa shape index (κ3) is 8.67. The molecule has 5 rings (SSSR count). The Labute approximate surface area is 304 Å². The first-order chi connectivity index (χ1) is 23.6. The Balaban J connectivity index is 1.45. The van der Waals surface area contributed by atoms with Crippen molar-refractivity contribution in [1.29, 1.82) is 0 Å². The van der Waals surface area contributed by atoms with E-state index < -0.39 is 84.3 Å². The Morgan fingerprint density at radius 2 is 1.29 bits per heavy atom. The van der Waals surface area contributed by atoms with Gasteiger partial charge in [-0.25, -0.2) is 0 Å². The van der Waals surface area contributed by atoms with E-state index in [0.717, 1.165) is 5.56 Å². The fraction of sp³-hybridized carbons (Fsp3) is 0.676. The first-order valence-electron chi connectivity index (χ1n) is 17.8. The van der Waals surface area contributed by atoms with Gasteiger partial charge in [0.15, 0.2) is 12.6 Å². The van der Waals surface area contributed by atoms with Gasteiger partial charge in [0.1, 0.15) is 60.0 Å². The summed E-state index contributed by atoms with van der Waals surface area (Å²) < 4.78 is 50.6. The summed E-state index contributed by atoms with van der Waals surface area (Å²) in [6.07, 6.45) is -13.0. The fourth-order valence-electron chi connectivity index (χ4n) is 5.59. The van der Waals surface area contributed by atoms with Crippen LogP contribution in [0.1, 0.15) is 60.3 Å². The topological polar surface area (TPSA) is 155 Å². The van der Waals surface area contributed by atoms with Crippen LogP contribution >= 0.6 is 0 Å². The Kier molecular flexibility index (Phi) is 11.8. The summed E-state index contributed by atoms with van der Waals surface area (Å²) in [6, 6.07) is 14.7. The molecule has 3 aliphatic heterocycles. The van der Waals surface area contributed by atoms with Gasteiger partial charge in [0.05, 0.1) is 12.7 Å². The number of rotatable bonds is 9. The highest BCUT2D eigenvalue weighted by Crippen LogP contribution is 2.45. The van der Waals surface area contributed by atoms with Crippen LogP contribution in [0.2, 0.25) is 36.3 Å². The number of aliphatic hydroxyl groups is 4. The molecule has 51 heavy (non-hydrogen) atoms. The molecule has 0 aromatic heterocycles. The van der Waals surface area contributed by atoms with Gasteiger partial charge in [0.2, 0.25) is 6.29 Å². The minimum Gasteiger partial charge on any atom is -0.541 e. The lowest BCUT2D eigenvalue weighted by Gasteiger charge is -2.49. The van der Waals surface area contributed by atoms with E-state index in [9.17, 15) is 20.4 Å². The number of fused-ring (bicyclic) bond motifs is 1. The second-order valence-corrected chi connectivity index (χ2v) is 26.4. The fourth-order valence-corrected chi connectivity index (χ4v) is 7.63. The van der Waals surface area contributed by atoms with Crippen molar-refractivity contribution in [2.24, 2.45) is 0 Å². The molecule has 1 unspecified atom stereocenters. The molecular weight excluding hydrogens is 693 g/mol. The summed E-state index contributed by atoms with van der Waals surface area (Å²) in [7, 11) is -4.58. The summed E-state index contributed by atoms with van der Waals surface area (Å²) >= 11 is 0. The summed E-state index contributed by atoms with van der Waals surface area (Å²) in [5.41, 5.74) is 0.762. The Morgan fingerprint density at radius 3 is 1.90 bits per heavy atom. The van der Waals surface area contributed by atoms with Crippen molar-refractivity contribution in [3.8, 4) is 17.2 Å². The highest BCUT2D eigenvalue weighted by atomic mass is 28.4. The standard InChI is InChI=1S/C37H58O12Si2/c1-21-27(38)28(39)29(40)34(43-21)47-32-30(41)35(45-26-20-42-33(46-31(26)32)22-15-13-12-14-16-22)44-23-17-18-24(48-50(8,9)36(2,3)4)25(19-23)49-51(10,11)37(5,6)7/h12-19,21,26-35,38-41H,20H2,1-11H3/t21-,26+,27-,28+,29+,30+,31+,32+,33?,34-,35+/m0/s1. The molecule has 2 aromatic rings. The summed E-state index contributed by atoms with van der Waals surface area (Å²) in [4.78, 5) is 0. The Morgan fingerprint density at radius 1 is 0.686 bits per heavy atom. The largest absolute Gasteiger partial charge is 0.541 e. The van der Waals surface area contributed by atoms with Crippen LogP contribution in [0, 0.1) is 0 Å². The third-order valence-corrected chi connectivity index (χ3v) is 19.7. The zero-order valence-corrected chi connectivity index (χ0v) is 33.7. The van der Waals surface area contributed by atoms with Gasteiger partial charge in [0, 0.05) is 11.6 Å². The zero-order chi connectivity index (χ0) is 37.7. The molecule has 0 spiro atoms. The summed E-state index contributed by atoms with van der Waals surface area (Å²) in [5.74, 6) is 1.55. The molecule has 11 atom stereocenters. The van der Waals surface area contributed by atoms with Gasteiger partial charge in [-0.05, 0) is 55.3 Å². The van der Waals surface area contributed by atoms with Crippen molar-refractivity contribution in [2.45, 2.75) is 152 Å². The molecule has 2 aromatic carbocycles. The van der Waals surface area contributed by atoms with Crippen molar-refractivity contribution >= 4 is 16.6 Å². The SMILES string of the molecule is C[C@@H]1O[C@@H](O[C@@H]2[C@@H](O)[C@H](Oc3ccc(O[Si](C)(C)C(C)(C)C)c(O[Si](C)(C)C(C)(C)C)c3)O[C@@H]3COC(c4ccccc4)O[C@@H]23)[C@H](O)[C@H](O)[C@H]1O. The summed E-state index contributed by atoms with van der Waals surface area (Å²) in [6.45, 7) is 23.4. The number of ether oxygens (including phenoxy) is 6. The van der Waals surface area contributed by atoms with Crippen LogP contribution < -0.4 is 13.6 Å².